The Balaban J connectivity index is 0.00000182. The molecule has 0 unspecified atom stereocenters. The van der Waals surface area contributed by atoms with E-state index in [0.29, 0.717) is 0 Å². The van der Waals surface area contributed by atoms with Crippen LogP contribution in [0.1, 0.15) is 11.1 Å². The number of para-hydroxylation sites is 2. The lowest BCUT2D eigenvalue weighted by atomic mass is 10.1. The zero-order chi connectivity index (χ0) is 16.4. The van der Waals surface area contributed by atoms with Crippen LogP contribution in [0.3, 0.4) is 0 Å². The molecule has 1 N–H and O–H groups in total. The van der Waals surface area contributed by atoms with Crippen molar-refractivity contribution in [1.82, 2.24) is 10.0 Å². The highest BCUT2D eigenvalue weighted by Gasteiger charge is 2.26. The van der Waals surface area contributed by atoms with Crippen molar-refractivity contribution in [2.45, 2.75) is 13.5 Å². The zero-order valence-corrected chi connectivity index (χ0v) is 15.1. The van der Waals surface area contributed by atoms with Gasteiger partial charge in [-0.15, -0.1) is 12.4 Å². The maximum Gasteiger partial charge on any atom is 0.218 e. The van der Waals surface area contributed by atoms with Gasteiger partial charge in [0, 0.05) is 18.8 Å². The van der Waals surface area contributed by atoms with Crippen LogP contribution in [0.2, 0.25) is 0 Å². The highest BCUT2D eigenvalue weighted by Crippen LogP contribution is 2.28. The topological polar surface area (TPSA) is 40.1 Å². The summed E-state index contributed by atoms with van der Waals surface area (Å²) >= 11 is 0. The minimum Gasteiger partial charge on any atom is -0.379 e. The summed E-state index contributed by atoms with van der Waals surface area (Å²) in [5.41, 5.74) is 4.59. The number of anilines is 1. The average Bonchev–Trinajstić information content (AvgIpc) is 2.64. The monoisotopic (exact) mass is 358 g/mol. The Morgan fingerprint density at radius 2 is 1.72 bits per heavy atom. The predicted octanol–water partition coefficient (Wildman–Crippen LogP) is 3.58. The van der Waals surface area contributed by atoms with Crippen molar-refractivity contribution in [2.24, 2.45) is 4.99 Å². The summed E-state index contributed by atoms with van der Waals surface area (Å²) in [6.45, 7) is 6.23. The van der Waals surface area contributed by atoms with Crippen LogP contribution in [-0.4, -0.2) is 42.3 Å². The van der Waals surface area contributed by atoms with Gasteiger partial charge in [0.05, 0.1) is 25.4 Å². The second kappa shape index (κ2) is 7.87. The van der Waals surface area contributed by atoms with Crippen molar-refractivity contribution in [1.29, 1.82) is 0 Å². The average molecular weight is 359 g/mol. The Bertz CT molecular complexity index is 759. The van der Waals surface area contributed by atoms with Gasteiger partial charge in [0.15, 0.2) is 0 Å². The lowest BCUT2D eigenvalue weighted by molar-refractivity contribution is -0.0548. The number of ether oxygens (including phenoxy) is 1. The molecule has 0 bridgehead atoms. The van der Waals surface area contributed by atoms with Crippen molar-refractivity contribution < 1.29 is 4.74 Å². The number of fused-ring (bicyclic) bond motifs is 1. The summed E-state index contributed by atoms with van der Waals surface area (Å²) < 4.78 is 5.50. The number of guanidine groups is 1. The first-order valence-electron chi connectivity index (χ1n) is 8.41. The highest BCUT2D eigenvalue weighted by molar-refractivity contribution is 5.96. The van der Waals surface area contributed by atoms with Crippen LogP contribution in [0.15, 0.2) is 53.5 Å². The van der Waals surface area contributed by atoms with Gasteiger partial charge in [-0.05, 0) is 30.2 Å². The maximum absolute atomic E-state index is 5.50. The molecular formula is C19H23ClN4O. The fourth-order valence-electron chi connectivity index (χ4n) is 3.12. The van der Waals surface area contributed by atoms with E-state index in [1.807, 2.05) is 12.1 Å². The minimum absolute atomic E-state index is 0. The molecule has 132 valence electrons. The molecule has 2 aromatic rings. The van der Waals surface area contributed by atoms with E-state index in [4.69, 9.17) is 9.73 Å². The van der Waals surface area contributed by atoms with Gasteiger partial charge in [-0.2, -0.15) is 0 Å². The van der Waals surface area contributed by atoms with Crippen LogP contribution in [0.25, 0.3) is 0 Å². The molecule has 1 saturated heterocycles. The number of hydrogen-bond donors (Lipinski definition) is 1. The number of hydrazine groups is 1. The number of aliphatic imine (C=N–C) groups is 1. The van der Waals surface area contributed by atoms with Crippen molar-refractivity contribution in [3.63, 3.8) is 0 Å². The molecule has 2 aromatic carbocycles. The molecule has 0 aromatic heterocycles. The molecule has 5 nitrogen and oxygen atoms in total. The van der Waals surface area contributed by atoms with Gasteiger partial charge in [-0.1, -0.05) is 36.4 Å². The third-order valence-electron chi connectivity index (χ3n) is 4.50. The quantitative estimate of drug-likeness (QED) is 0.890. The summed E-state index contributed by atoms with van der Waals surface area (Å²) in [4.78, 5) is 4.89. The molecule has 0 spiro atoms. The largest absolute Gasteiger partial charge is 0.379 e. The van der Waals surface area contributed by atoms with Gasteiger partial charge < -0.3 is 10.1 Å². The molecule has 6 heteroatoms. The minimum atomic E-state index is 0. The summed E-state index contributed by atoms with van der Waals surface area (Å²) in [5.74, 6) is 0.880. The zero-order valence-electron chi connectivity index (χ0n) is 14.3. The van der Waals surface area contributed by atoms with Crippen LogP contribution in [0, 0.1) is 6.92 Å². The van der Waals surface area contributed by atoms with Gasteiger partial charge in [-0.3, -0.25) is 5.01 Å². The molecule has 0 aliphatic carbocycles. The van der Waals surface area contributed by atoms with E-state index in [1.54, 1.807) is 0 Å². The van der Waals surface area contributed by atoms with Crippen LogP contribution >= 0.6 is 12.4 Å². The Hall–Kier alpha value is -2.08. The molecule has 2 aliphatic rings. The molecule has 4 rings (SSSR count). The number of rotatable bonds is 2. The molecule has 2 aliphatic heterocycles. The second-order valence-corrected chi connectivity index (χ2v) is 6.13. The van der Waals surface area contributed by atoms with E-state index >= 15 is 0 Å². The lowest BCUT2D eigenvalue weighted by Gasteiger charge is -2.41. The molecule has 0 radical (unpaired) electrons. The van der Waals surface area contributed by atoms with Crippen molar-refractivity contribution in [3.8, 4) is 0 Å². The molecule has 0 saturated carbocycles. The van der Waals surface area contributed by atoms with E-state index in [-0.39, 0.29) is 12.4 Å². The fourth-order valence-corrected chi connectivity index (χ4v) is 3.12. The van der Waals surface area contributed by atoms with E-state index in [2.05, 4.69) is 58.7 Å². The Morgan fingerprint density at radius 1 is 1.00 bits per heavy atom. The smallest absolute Gasteiger partial charge is 0.218 e. The number of benzene rings is 2. The predicted molar refractivity (Wildman–Crippen MR) is 104 cm³/mol. The first-order valence-corrected chi connectivity index (χ1v) is 8.41. The molecule has 0 atom stereocenters. The van der Waals surface area contributed by atoms with Crippen LogP contribution in [0.4, 0.5) is 11.4 Å². The molecule has 1 fully saturated rings. The standard InChI is InChI=1S/C19H22N4O.ClH/c1-15-6-2-4-8-17(15)20-19-21-18-9-5-3-7-16(18)14-23(19)22-10-12-24-13-11-22;/h2-9H,10-14H2,1H3,(H,20,21);1H. The first-order chi connectivity index (χ1) is 11.8. The van der Waals surface area contributed by atoms with Gasteiger partial charge >= 0.3 is 0 Å². The van der Waals surface area contributed by atoms with Gasteiger partial charge in [-0.25, -0.2) is 10.0 Å². The summed E-state index contributed by atoms with van der Waals surface area (Å²) in [7, 11) is 0. The van der Waals surface area contributed by atoms with Crippen LogP contribution < -0.4 is 5.32 Å². The van der Waals surface area contributed by atoms with Gasteiger partial charge in [0.2, 0.25) is 5.96 Å². The van der Waals surface area contributed by atoms with E-state index in [9.17, 15) is 0 Å². The molecular weight excluding hydrogens is 336 g/mol. The van der Waals surface area contributed by atoms with Crippen LogP contribution in [0.5, 0.6) is 0 Å². The number of hydrogen-bond acceptors (Lipinski definition) is 5. The van der Waals surface area contributed by atoms with Gasteiger partial charge in [0.1, 0.15) is 0 Å². The van der Waals surface area contributed by atoms with Crippen LogP contribution in [-0.2, 0) is 11.3 Å². The molecule has 25 heavy (non-hydrogen) atoms. The van der Waals surface area contributed by atoms with E-state index in [0.717, 1.165) is 50.2 Å². The Labute approximate surface area is 154 Å². The third kappa shape index (κ3) is 3.79. The van der Waals surface area contributed by atoms with Crippen molar-refractivity contribution in [2.75, 3.05) is 31.6 Å². The summed E-state index contributed by atoms with van der Waals surface area (Å²) in [5, 5.41) is 8.10. The fraction of sp³-hybridized carbons (Fsp3) is 0.316. The first kappa shape index (κ1) is 17.7. The summed E-state index contributed by atoms with van der Waals surface area (Å²) in [6.07, 6.45) is 0. The number of nitrogens with zero attached hydrogens (tertiary/aromatic N) is 3. The number of halogens is 1. The van der Waals surface area contributed by atoms with E-state index < -0.39 is 0 Å². The van der Waals surface area contributed by atoms with Crippen molar-refractivity contribution in [3.05, 3.63) is 59.7 Å². The SMILES string of the molecule is Cc1ccccc1NC1=Nc2ccccc2CN1N1CCOCC1.Cl. The Kier molecular flexibility index (Phi) is 5.58. The maximum atomic E-state index is 5.50. The van der Waals surface area contributed by atoms with Gasteiger partial charge in [0.25, 0.3) is 0 Å². The van der Waals surface area contributed by atoms with E-state index in [1.165, 1.54) is 11.1 Å². The number of nitrogens with one attached hydrogen (secondary N) is 1. The molecule has 2 heterocycles. The molecule has 0 amide bonds. The van der Waals surface area contributed by atoms with Crippen molar-refractivity contribution >= 4 is 29.7 Å². The second-order valence-electron chi connectivity index (χ2n) is 6.13. The third-order valence-corrected chi connectivity index (χ3v) is 4.50. The number of morpholine rings is 1. The lowest BCUT2D eigenvalue weighted by Crippen LogP contribution is -2.53. The Morgan fingerprint density at radius 3 is 2.52 bits per heavy atom. The number of aryl methyl sites for hydroxylation is 1. The highest BCUT2D eigenvalue weighted by atomic mass is 35.5. The normalized spacial score (nSPS) is 17.3. The summed E-state index contributed by atoms with van der Waals surface area (Å²) in [6, 6.07) is 16.6.